The summed E-state index contributed by atoms with van der Waals surface area (Å²) < 4.78 is 0. The summed E-state index contributed by atoms with van der Waals surface area (Å²) in [4.78, 5) is 4.43. The third kappa shape index (κ3) is 5.06. The summed E-state index contributed by atoms with van der Waals surface area (Å²) in [6.07, 6.45) is 2.90. The summed E-state index contributed by atoms with van der Waals surface area (Å²) in [6.45, 7) is 3.07. The molecule has 21 heavy (non-hydrogen) atoms. The zero-order chi connectivity index (χ0) is 15.2. The molecule has 1 unspecified atom stereocenters. The number of aliphatic hydroxyl groups excluding tert-OH is 1. The number of nitrogens with one attached hydrogen (secondary N) is 2. The largest absolute Gasteiger partial charge is 0.386 e. The fourth-order valence-electron chi connectivity index (χ4n) is 2.12. The van der Waals surface area contributed by atoms with E-state index >= 15 is 0 Å². The van der Waals surface area contributed by atoms with Crippen molar-refractivity contribution >= 4 is 29.2 Å². The van der Waals surface area contributed by atoms with E-state index in [4.69, 9.17) is 23.2 Å². The van der Waals surface area contributed by atoms with Gasteiger partial charge >= 0.3 is 0 Å². The molecule has 116 valence electrons. The summed E-state index contributed by atoms with van der Waals surface area (Å²) in [5.41, 5.74) is 0.677. The van der Waals surface area contributed by atoms with Crippen LogP contribution >= 0.6 is 23.2 Å². The number of nitrogens with zero attached hydrogens (tertiary/aromatic N) is 1. The number of aliphatic imine (C=N–C) groups is 1. The highest BCUT2D eigenvalue weighted by molar-refractivity contribution is 6.34. The van der Waals surface area contributed by atoms with Crippen molar-refractivity contribution < 1.29 is 5.11 Å². The highest BCUT2D eigenvalue weighted by Gasteiger charge is 2.18. The predicted molar refractivity (Wildman–Crippen MR) is 88.2 cm³/mol. The SMILES string of the molecule is CCNC(=NCC(O)c1cc(Cl)cc(Cl)c1)NC1CCC1. The van der Waals surface area contributed by atoms with Crippen molar-refractivity contribution in [2.45, 2.75) is 38.3 Å². The predicted octanol–water partition coefficient (Wildman–Crippen LogP) is 3.13. The van der Waals surface area contributed by atoms with Gasteiger partial charge < -0.3 is 15.7 Å². The molecule has 6 heteroatoms. The Balaban J connectivity index is 1.98. The number of aliphatic hydroxyl groups is 1. The van der Waals surface area contributed by atoms with Gasteiger partial charge in [-0.15, -0.1) is 0 Å². The summed E-state index contributed by atoms with van der Waals surface area (Å²) in [7, 11) is 0. The molecule has 0 radical (unpaired) electrons. The number of rotatable bonds is 5. The van der Waals surface area contributed by atoms with Crippen molar-refractivity contribution in [3.63, 3.8) is 0 Å². The van der Waals surface area contributed by atoms with Gasteiger partial charge in [0.25, 0.3) is 0 Å². The lowest BCUT2D eigenvalue weighted by Gasteiger charge is -2.28. The zero-order valence-corrected chi connectivity index (χ0v) is 13.6. The molecule has 0 spiro atoms. The minimum Gasteiger partial charge on any atom is -0.386 e. The molecule has 0 heterocycles. The molecule has 1 aliphatic carbocycles. The first-order chi connectivity index (χ1) is 10.1. The lowest BCUT2D eigenvalue weighted by molar-refractivity contribution is 0.187. The molecule has 0 saturated heterocycles. The van der Waals surface area contributed by atoms with Crippen LogP contribution in [0.3, 0.4) is 0 Å². The lowest BCUT2D eigenvalue weighted by Crippen LogP contribution is -2.46. The molecule has 3 N–H and O–H groups in total. The number of hydrogen-bond acceptors (Lipinski definition) is 2. The van der Waals surface area contributed by atoms with Gasteiger partial charge in [0, 0.05) is 22.6 Å². The molecule has 0 aliphatic heterocycles. The third-order valence-corrected chi connectivity index (χ3v) is 3.92. The summed E-state index contributed by atoms with van der Waals surface area (Å²) in [5.74, 6) is 0.745. The van der Waals surface area contributed by atoms with E-state index in [1.54, 1.807) is 18.2 Å². The van der Waals surface area contributed by atoms with Gasteiger partial charge in [-0.25, -0.2) is 0 Å². The first-order valence-corrected chi connectivity index (χ1v) is 8.03. The first kappa shape index (κ1) is 16.4. The van der Waals surface area contributed by atoms with Crippen molar-refractivity contribution in [3.8, 4) is 0 Å². The molecule has 1 aliphatic rings. The first-order valence-electron chi connectivity index (χ1n) is 7.27. The molecule has 2 rings (SSSR count). The average Bonchev–Trinajstić information content (AvgIpc) is 2.38. The normalized spacial score (nSPS) is 17.2. The van der Waals surface area contributed by atoms with Crippen molar-refractivity contribution in [1.82, 2.24) is 10.6 Å². The summed E-state index contributed by atoms with van der Waals surface area (Å²) >= 11 is 11.9. The van der Waals surface area contributed by atoms with Crippen molar-refractivity contribution in [3.05, 3.63) is 33.8 Å². The van der Waals surface area contributed by atoms with Crippen LogP contribution in [0, 0.1) is 0 Å². The summed E-state index contributed by atoms with van der Waals surface area (Å²) in [5, 5.41) is 17.8. The number of halogens is 2. The number of benzene rings is 1. The fourth-order valence-corrected chi connectivity index (χ4v) is 2.66. The Bertz CT molecular complexity index is 483. The molecular weight excluding hydrogens is 309 g/mol. The van der Waals surface area contributed by atoms with Gasteiger partial charge in [0.2, 0.25) is 0 Å². The van der Waals surface area contributed by atoms with Crippen LogP contribution in [0.2, 0.25) is 10.0 Å². The highest BCUT2D eigenvalue weighted by Crippen LogP contribution is 2.23. The number of guanidine groups is 1. The minimum atomic E-state index is -0.724. The van der Waals surface area contributed by atoms with Crippen LogP contribution in [0.15, 0.2) is 23.2 Å². The average molecular weight is 330 g/mol. The van der Waals surface area contributed by atoms with Crippen LogP contribution in [0.1, 0.15) is 37.9 Å². The van der Waals surface area contributed by atoms with Gasteiger partial charge in [0.05, 0.1) is 12.6 Å². The Labute approximate surface area is 135 Å². The molecule has 1 saturated carbocycles. The topological polar surface area (TPSA) is 56.7 Å². The Kier molecular flexibility index (Phi) is 6.15. The molecule has 1 atom stereocenters. The number of hydrogen-bond donors (Lipinski definition) is 3. The Morgan fingerprint density at radius 3 is 2.52 bits per heavy atom. The van der Waals surface area contributed by atoms with Crippen LogP contribution in [-0.2, 0) is 0 Å². The lowest BCUT2D eigenvalue weighted by atomic mass is 9.93. The van der Waals surface area contributed by atoms with Crippen molar-refractivity contribution in [1.29, 1.82) is 0 Å². The van der Waals surface area contributed by atoms with Gasteiger partial charge in [-0.1, -0.05) is 23.2 Å². The molecule has 1 aromatic rings. The zero-order valence-electron chi connectivity index (χ0n) is 12.1. The van der Waals surface area contributed by atoms with Crippen molar-refractivity contribution in [2.75, 3.05) is 13.1 Å². The van der Waals surface area contributed by atoms with E-state index < -0.39 is 6.10 Å². The quantitative estimate of drug-likeness (QED) is 0.574. The highest BCUT2D eigenvalue weighted by atomic mass is 35.5. The standard InChI is InChI=1S/C15H21Cl2N3O/c1-2-18-15(20-13-4-3-5-13)19-9-14(21)10-6-11(16)8-12(17)7-10/h6-8,13-14,21H,2-5,9H2,1H3,(H2,18,19,20). The van der Waals surface area contributed by atoms with Gasteiger partial charge in [0.15, 0.2) is 5.96 Å². The molecule has 4 nitrogen and oxygen atoms in total. The van der Waals surface area contributed by atoms with Crippen LogP contribution in [-0.4, -0.2) is 30.2 Å². The van der Waals surface area contributed by atoms with Gasteiger partial charge in [0.1, 0.15) is 0 Å². The Hall–Kier alpha value is -0.970. The van der Waals surface area contributed by atoms with Crippen LogP contribution in [0.25, 0.3) is 0 Å². The second-order valence-corrected chi connectivity index (χ2v) is 6.08. The van der Waals surface area contributed by atoms with Gasteiger partial charge in [-0.2, -0.15) is 0 Å². The Morgan fingerprint density at radius 1 is 1.33 bits per heavy atom. The van der Waals surface area contributed by atoms with E-state index in [0.29, 0.717) is 21.7 Å². The van der Waals surface area contributed by atoms with E-state index in [0.717, 1.165) is 12.5 Å². The maximum atomic E-state index is 10.2. The van der Waals surface area contributed by atoms with Crippen LogP contribution < -0.4 is 10.6 Å². The third-order valence-electron chi connectivity index (χ3n) is 3.48. The van der Waals surface area contributed by atoms with Gasteiger partial charge in [-0.3, -0.25) is 4.99 Å². The summed E-state index contributed by atoms with van der Waals surface area (Å²) in [6, 6.07) is 5.56. The van der Waals surface area contributed by atoms with E-state index in [2.05, 4.69) is 15.6 Å². The maximum absolute atomic E-state index is 10.2. The minimum absolute atomic E-state index is 0.263. The molecule has 1 fully saturated rings. The van der Waals surface area contributed by atoms with Gasteiger partial charge in [-0.05, 0) is 49.9 Å². The maximum Gasteiger partial charge on any atom is 0.191 e. The molecule has 0 amide bonds. The molecule has 0 bridgehead atoms. The molecule has 1 aromatic carbocycles. The molecular formula is C15H21Cl2N3O. The molecule has 0 aromatic heterocycles. The smallest absolute Gasteiger partial charge is 0.191 e. The van der Waals surface area contributed by atoms with E-state index in [9.17, 15) is 5.11 Å². The van der Waals surface area contributed by atoms with E-state index in [1.807, 2.05) is 6.92 Å². The fraction of sp³-hybridized carbons (Fsp3) is 0.533. The monoisotopic (exact) mass is 329 g/mol. The van der Waals surface area contributed by atoms with Crippen LogP contribution in [0.4, 0.5) is 0 Å². The van der Waals surface area contributed by atoms with E-state index in [1.165, 1.54) is 19.3 Å². The second-order valence-electron chi connectivity index (χ2n) is 5.21. The van der Waals surface area contributed by atoms with Crippen molar-refractivity contribution in [2.24, 2.45) is 4.99 Å². The van der Waals surface area contributed by atoms with E-state index in [-0.39, 0.29) is 6.54 Å². The Morgan fingerprint density at radius 2 is 2.00 bits per heavy atom. The van der Waals surface area contributed by atoms with Crippen LogP contribution in [0.5, 0.6) is 0 Å². The second kappa shape index (κ2) is 7.87.